The molecule has 4 aliphatic rings. The van der Waals surface area contributed by atoms with Crippen LogP contribution < -0.4 is 31.9 Å². The number of nitrogens with one attached hydrogen (secondary N) is 6. The summed E-state index contributed by atoms with van der Waals surface area (Å²) in [5.41, 5.74) is 1.01. The van der Waals surface area contributed by atoms with Gasteiger partial charge in [-0.2, -0.15) is 0 Å². The number of carbonyl (C=O) groups excluding carboxylic acids is 5. The van der Waals surface area contributed by atoms with Gasteiger partial charge in [0.15, 0.2) is 0 Å². The second-order valence-electron chi connectivity index (χ2n) is 25.9. The fraction of sp³-hybridized carbons (Fsp3) is 0.576. The minimum Gasteiger partial charge on any atom is -0.480 e. The number of alkyl carbamates (subject to hydrolysis) is 1. The normalized spacial score (nSPS) is 26.9. The van der Waals surface area contributed by atoms with Crippen molar-refractivity contribution in [2.45, 2.75) is 179 Å². The molecule has 2 aromatic carbocycles. The van der Waals surface area contributed by atoms with Gasteiger partial charge in [0, 0.05) is 55.6 Å². The molecule has 4 fully saturated rings. The van der Waals surface area contributed by atoms with Gasteiger partial charge in [0.1, 0.15) is 24.0 Å². The monoisotopic (exact) mass is 1170 g/mol. The van der Waals surface area contributed by atoms with E-state index in [1.54, 1.807) is 57.4 Å². The van der Waals surface area contributed by atoms with Crippen molar-refractivity contribution in [3.8, 4) is 0 Å². The van der Waals surface area contributed by atoms with Crippen molar-refractivity contribution in [3.63, 3.8) is 0 Å². The van der Waals surface area contributed by atoms with E-state index in [0.717, 1.165) is 19.3 Å². The number of aliphatic hydroxyl groups is 3. The van der Waals surface area contributed by atoms with Crippen molar-refractivity contribution in [1.82, 2.24) is 31.2 Å². The number of carboxylic acids is 1. The van der Waals surface area contributed by atoms with Gasteiger partial charge in [-0.1, -0.05) is 81.4 Å². The van der Waals surface area contributed by atoms with Crippen LogP contribution in [0.2, 0.25) is 0 Å². The van der Waals surface area contributed by atoms with Crippen molar-refractivity contribution in [2.24, 2.45) is 46.3 Å². The third-order valence-electron chi connectivity index (χ3n) is 19.4. The zero-order valence-electron chi connectivity index (χ0n) is 50.2. The van der Waals surface area contributed by atoms with Gasteiger partial charge in [0.25, 0.3) is 0 Å². The number of fused-ring (bicyclic) bond motifs is 5. The van der Waals surface area contributed by atoms with E-state index >= 15 is 0 Å². The third kappa shape index (κ3) is 15.9. The van der Waals surface area contributed by atoms with Crippen LogP contribution in [0.4, 0.5) is 16.3 Å². The summed E-state index contributed by atoms with van der Waals surface area (Å²) in [7, 11) is 0. The number of carboxylic acid groups (broad SMARTS) is 1. The highest BCUT2D eigenvalue weighted by Gasteiger charge is 2.66. The van der Waals surface area contributed by atoms with Crippen molar-refractivity contribution in [1.29, 1.82) is 0 Å². The van der Waals surface area contributed by atoms with E-state index in [4.69, 9.17) is 14.8 Å². The first kappa shape index (κ1) is 64.0. The molecule has 4 aliphatic carbocycles. The lowest BCUT2D eigenvalue weighted by Crippen LogP contribution is -2.63. The van der Waals surface area contributed by atoms with E-state index < -0.39 is 77.8 Å². The molecule has 19 heteroatoms. The molecule has 2 heterocycles. The molecule has 2 aromatic heterocycles. The quantitative estimate of drug-likeness (QED) is 0.0278. The number of hydrogen-bond donors (Lipinski definition) is 10. The summed E-state index contributed by atoms with van der Waals surface area (Å²) in [6.07, 6.45) is 7.24. The summed E-state index contributed by atoms with van der Waals surface area (Å²) in [5, 5.41) is 63.5. The molecule has 15 atom stereocenters. The van der Waals surface area contributed by atoms with E-state index in [1.165, 1.54) is 0 Å². The molecule has 0 spiro atoms. The number of nitrogens with zero attached hydrogens (tertiary/aromatic N) is 2. The molecule has 0 radical (unpaired) electrons. The fourth-order valence-corrected chi connectivity index (χ4v) is 15.2. The number of pyridine rings is 2. The van der Waals surface area contributed by atoms with E-state index in [1.807, 2.05) is 66.7 Å². The molecule has 4 aromatic rings. The first-order valence-corrected chi connectivity index (χ1v) is 30.7. The van der Waals surface area contributed by atoms with Crippen molar-refractivity contribution < 1.29 is 53.9 Å². The van der Waals surface area contributed by atoms with E-state index in [2.05, 4.69) is 57.7 Å². The maximum Gasteiger partial charge on any atom is 0.407 e. The summed E-state index contributed by atoms with van der Waals surface area (Å²) in [6.45, 7) is 11.8. The molecular weight excluding hydrogens is 1080 g/mol. The minimum absolute atomic E-state index is 0.0135. The Labute approximate surface area is 500 Å². The average Bonchev–Trinajstić information content (AvgIpc) is 1.76. The first-order chi connectivity index (χ1) is 40.5. The molecule has 8 rings (SSSR count). The van der Waals surface area contributed by atoms with Crippen LogP contribution in [0.3, 0.4) is 0 Å². The highest BCUT2D eigenvalue weighted by atomic mass is 16.6. The Morgan fingerprint density at radius 2 is 1.46 bits per heavy atom. The van der Waals surface area contributed by atoms with Crippen LogP contribution in [0.25, 0.3) is 0 Å². The number of aliphatic carboxylic acids is 1. The van der Waals surface area contributed by atoms with Crippen LogP contribution >= 0.6 is 0 Å². The van der Waals surface area contributed by atoms with Crippen LogP contribution in [-0.2, 0) is 28.7 Å². The van der Waals surface area contributed by atoms with Gasteiger partial charge in [0.05, 0.1) is 30.3 Å². The number of benzene rings is 2. The van der Waals surface area contributed by atoms with Crippen molar-refractivity contribution in [2.75, 3.05) is 23.7 Å². The number of para-hydroxylation sites is 1. The Hall–Kier alpha value is -6.96. The second kappa shape index (κ2) is 28.5. The number of aromatic nitrogens is 2. The lowest BCUT2D eigenvalue weighted by Gasteiger charge is -2.63. The molecule has 0 bridgehead atoms. The Bertz CT molecular complexity index is 2900. The number of unbranched alkanes of at least 4 members (excludes halogenated alkanes) is 1. The van der Waals surface area contributed by atoms with Gasteiger partial charge in [-0.25, -0.2) is 9.78 Å². The van der Waals surface area contributed by atoms with E-state index in [9.17, 15) is 44.1 Å². The second-order valence-corrected chi connectivity index (χ2v) is 25.9. The Balaban J connectivity index is 0.919. The number of rotatable bonds is 25. The Morgan fingerprint density at radius 3 is 2.16 bits per heavy atom. The SMILES string of the molecule is CC(CCC(=O)NCC(=O)O)C1CC[C@H]2[C@@H]3[C@H](O)C[C@@H]4C[C@@H](NC(=O)CCC(=O)N[C@@H](CCCCNC(=O)OC(C)(C)C)C(=O)Nc5ccccc5C(Nc5ccccn5)C(c5ccccn5)C(O)c5ccccc5)CC[C@]4(C)[C@H]3C[C@H](O)[C@]12C. The van der Waals surface area contributed by atoms with Gasteiger partial charge in [-0.15, -0.1) is 0 Å². The molecule has 0 aliphatic heterocycles. The smallest absolute Gasteiger partial charge is 0.407 e. The number of ether oxygens (including phenoxy) is 1. The number of hydrogen-bond acceptors (Lipinski definition) is 13. The van der Waals surface area contributed by atoms with Gasteiger partial charge in [-0.05, 0) is 179 Å². The standard InChI is InChI=1S/C66H90N8O11/c1-40(25-28-54(77)70-39-57(80)81)45-26-27-46-58-47(38-52(76)66(45,46)6)65(5)32-31-43(36-42(65)37-51(58)75)71-55(78)29-30-56(79)72-50(23-13-16-35-69-63(84)85-64(2,3)4)62(83)73-48-21-11-10-20-44(48)60(74-53-24-14-17-34-68-53)59(49-22-12-15-33-67-49)61(82)41-18-8-7-9-19-41/h7-12,14-15,17-22,24,33-34,40,42-43,45-47,50-52,58-61,75-76,82H,13,16,23,25-32,35-39H2,1-6H3,(H,68,74)(H,69,84)(H,70,77)(H,71,78)(H,72,79)(H,73,83)(H,80,81)/t40?,42-,43-,45?,46-,47-,50-,51+,52-,58-,59?,60?,61?,65-,66+/m0/s1. The van der Waals surface area contributed by atoms with E-state index in [0.29, 0.717) is 73.3 Å². The van der Waals surface area contributed by atoms with Crippen molar-refractivity contribution >= 4 is 47.2 Å². The summed E-state index contributed by atoms with van der Waals surface area (Å²) in [4.78, 5) is 87.6. The van der Waals surface area contributed by atoms with Crippen LogP contribution in [0.5, 0.6) is 0 Å². The van der Waals surface area contributed by atoms with Crippen LogP contribution in [0.1, 0.15) is 166 Å². The average molecular weight is 1170 g/mol. The first-order valence-electron chi connectivity index (χ1n) is 30.7. The molecule has 4 saturated carbocycles. The molecule has 85 heavy (non-hydrogen) atoms. The number of carbonyl (C=O) groups is 6. The minimum atomic E-state index is -1.09. The summed E-state index contributed by atoms with van der Waals surface area (Å²) in [6, 6.07) is 25.6. The molecular formula is C66H90N8O11. The molecule has 5 amide bonds. The Morgan fingerprint density at radius 1 is 0.753 bits per heavy atom. The predicted molar refractivity (Wildman–Crippen MR) is 322 cm³/mol. The molecule has 460 valence electrons. The highest BCUT2D eigenvalue weighted by Crippen LogP contribution is 2.68. The van der Waals surface area contributed by atoms with Gasteiger partial charge in [0.2, 0.25) is 23.6 Å². The zero-order chi connectivity index (χ0) is 61.1. The van der Waals surface area contributed by atoms with Crippen LogP contribution in [0.15, 0.2) is 103 Å². The number of amides is 5. The molecule has 19 nitrogen and oxygen atoms in total. The van der Waals surface area contributed by atoms with Gasteiger partial charge < -0.3 is 57.1 Å². The maximum absolute atomic E-state index is 14.7. The van der Waals surface area contributed by atoms with Crippen LogP contribution in [-0.4, -0.2) is 109 Å². The van der Waals surface area contributed by atoms with Crippen molar-refractivity contribution in [3.05, 3.63) is 120 Å². The number of aliphatic hydroxyl groups excluding tert-OH is 3. The van der Waals surface area contributed by atoms with E-state index in [-0.39, 0.29) is 91.0 Å². The lowest BCUT2D eigenvalue weighted by atomic mass is 9.43. The van der Waals surface area contributed by atoms with Crippen LogP contribution in [0, 0.1) is 46.3 Å². The van der Waals surface area contributed by atoms with Gasteiger partial charge in [-0.3, -0.25) is 29.0 Å². The maximum atomic E-state index is 14.7. The highest BCUT2D eigenvalue weighted by molar-refractivity contribution is 5.98. The molecule has 10 N–H and O–H groups in total. The topological polar surface area (TPSA) is 291 Å². The zero-order valence-corrected chi connectivity index (χ0v) is 50.2. The molecule has 0 saturated heterocycles. The predicted octanol–water partition coefficient (Wildman–Crippen LogP) is 8.75. The third-order valence-corrected chi connectivity index (χ3v) is 19.4. The summed E-state index contributed by atoms with van der Waals surface area (Å²) < 4.78 is 5.40. The summed E-state index contributed by atoms with van der Waals surface area (Å²) >= 11 is 0. The largest absolute Gasteiger partial charge is 0.480 e. The molecule has 5 unspecified atom stereocenters. The lowest BCUT2D eigenvalue weighted by molar-refractivity contribution is -0.202. The van der Waals surface area contributed by atoms with Gasteiger partial charge >= 0.3 is 12.1 Å². The fourth-order valence-electron chi connectivity index (χ4n) is 15.2. The summed E-state index contributed by atoms with van der Waals surface area (Å²) in [5.74, 6) is -2.28. The Kier molecular flexibility index (Phi) is 21.5. The number of anilines is 2.